The summed E-state index contributed by atoms with van der Waals surface area (Å²) < 4.78 is 22.9. The van der Waals surface area contributed by atoms with Crippen molar-refractivity contribution in [2.45, 2.75) is 12.5 Å². The fourth-order valence-corrected chi connectivity index (χ4v) is 2.27. The lowest BCUT2D eigenvalue weighted by Gasteiger charge is -2.36. The minimum atomic E-state index is -4.23. The number of nitrogens with two attached hydrogens (primary N) is 1. The van der Waals surface area contributed by atoms with Crippen LogP contribution in [-0.4, -0.2) is 43.7 Å². The molecule has 1 aromatic carbocycles. The third-order valence-corrected chi connectivity index (χ3v) is 3.41. The normalized spacial score (nSPS) is 17.6. The second kappa shape index (κ2) is 6.12. The minimum absolute atomic E-state index is 0.105. The number of likely N-dealkylation sites (tertiary alicyclic amines) is 1. The predicted octanol–water partition coefficient (Wildman–Crippen LogP) is -1.53. The minimum Gasteiger partial charge on any atom is -0.342 e. The molecule has 0 bridgehead atoms. The van der Waals surface area contributed by atoms with Gasteiger partial charge in [0.25, 0.3) is 16.1 Å². The quantitative estimate of drug-likeness (QED) is 0.576. The Bertz CT molecular complexity index is 703. The highest BCUT2D eigenvalue weighted by atomic mass is 32.2. The van der Waals surface area contributed by atoms with Crippen LogP contribution in [-0.2, 0) is 26.2 Å². The first-order valence-electron chi connectivity index (χ1n) is 6.25. The molecule has 4 N–H and O–H groups in total. The van der Waals surface area contributed by atoms with Crippen LogP contribution in [0.2, 0.25) is 0 Å². The van der Waals surface area contributed by atoms with Gasteiger partial charge in [0, 0.05) is 0 Å². The molecule has 1 heterocycles. The Morgan fingerprint density at radius 1 is 1.27 bits per heavy atom. The standard InChI is InChI=1S/C12H14N4O5S/c13-22(20,21)15-12(19)16-7-9(11(16)18)14-10(17)6-8-4-2-1-3-5-8/h1-5,9H,6-7H2,(H,14,17)(H,15,19)(H2,13,20,21)/t9-/m0/s1. The Kier molecular flexibility index (Phi) is 4.43. The molecule has 4 amide bonds. The molecular weight excluding hydrogens is 312 g/mol. The van der Waals surface area contributed by atoms with Crippen LogP contribution in [0.5, 0.6) is 0 Å². The lowest BCUT2D eigenvalue weighted by Crippen LogP contribution is -2.67. The Morgan fingerprint density at radius 3 is 2.45 bits per heavy atom. The van der Waals surface area contributed by atoms with E-state index in [1.165, 1.54) is 4.72 Å². The van der Waals surface area contributed by atoms with Gasteiger partial charge < -0.3 is 5.32 Å². The summed E-state index contributed by atoms with van der Waals surface area (Å²) in [6, 6.07) is 6.96. The number of urea groups is 1. The van der Waals surface area contributed by atoms with Gasteiger partial charge in [-0.25, -0.2) is 14.7 Å². The number of imide groups is 1. The van der Waals surface area contributed by atoms with E-state index in [9.17, 15) is 22.8 Å². The van der Waals surface area contributed by atoms with Gasteiger partial charge in [0.05, 0.1) is 13.0 Å². The summed E-state index contributed by atoms with van der Waals surface area (Å²) in [5, 5.41) is 7.10. The van der Waals surface area contributed by atoms with Gasteiger partial charge >= 0.3 is 6.03 Å². The first kappa shape index (κ1) is 15.9. The lowest BCUT2D eigenvalue weighted by molar-refractivity contribution is -0.142. The number of β-lactam (4-membered cyclic amide) rings is 1. The van der Waals surface area contributed by atoms with E-state index in [1.807, 2.05) is 6.07 Å². The van der Waals surface area contributed by atoms with Gasteiger partial charge in [-0.3, -0.25) is 14.5 Å². The Labute approximate surface area is 126 Å². The van der Waals surface area contributed by atoms with Crippen molar-refractivity contribution >= 4 is 28.1 Å². The Balaban J connectivity index is 1.83. The maximum atomic E-state index is 11.8. The van der Waals surface area contributed by atoms with E-state index >= 15 is 0 Å². The molecule has 10 heteroatoms. The van der Waals surface area contributed by atoms with E-state index in [2.05, 4.69) is 10.5 Å². The molecule has 118 valence electrons. The number of hydrogen-bond acceptors (Lipinski definition) is 5. The number of rotatable bonds is 4. The monoisotopic (exact) mass is 326 g/mol. The zero-order chi connectivity index (χ0) is 16.3. The molecule has 22 heavy (non-hydrogen) atoms. The van der Waals surface area contributed by atoms with E-state index in [0.29, 0.717) is 4.90 Å². The summed E-state index contributed by atoms with van der Waals surface area (Å²) in [5.74, 6) is -1.06. The highest BCUT2D eigenvalue weighted by Gasteiger charge is 2.42. The zero-order valence-electron chi connectivity index (χ0n) is 11.4. The van der Waals surface area contributed by atoms with Crippen molar-refractivity contribution in [3.63, 3.8) is 0 Å². The van der Waals surface area contributed by atoms with E-state index in [4.69, 9.17) is 0 Å². The van der Waals surface area contributed by atoms with Crippen LogP contribution in [0.4, 0.5) is 4.79 Å². The smallest absolute Gasteiger partial charge is 0.338 e. The molecule has 1 aromatic rings. The van der Waals surface area contributed by atoms with Gasteiger partial charge in [-0.15, -0.1) is 0 Å². The molecule has 1 aliphatic heterocycles. The van der Waals surface area contributed by atoms with Gasteiger partial charge in [-0.1, -0.05) is 30.3 Å². The maximum absolute atomic E-state index is 11.8. The molecule has 1 atom stereocenters. The molecule has 0 aromatic heterocycles. The van der Waals surface area contributed by atoms with Crippen LogP contribution < -0.4 is 15.2 Å². The molecule has 1 saturated heterocycles. The SMILES string of the molecule is NS(=O)(=O)NC(=O)N1C[C@H](NC(=O)Cc2ccccc2)C1=O. The van der Waals surface area contributed by atoms with Crippen LogP contribution in [0.15, 0.2) is 30.3 Å². The van der Waals surface area contributed by atoms with Crippen molar-refractivity contribution in [1.29, 1.82) is 0 Å². The zero-order valence-corrected chi connectivity index (χ0v) is 12.2. The van der Waals surface area contributed by atoms with Crippen molar-refractivity contribution in [3.8, 4) is 0 Å². The molecule has 1 fully saturated rings. The Morgan fingerprint density at radius 2 is 1.91 bits per heavy atom. The van der Waals surface area contributed by atoms with Gasteiger partial charge in [0.1, 0.15) is 6.04 Å². The van der Waals surface area contributed by atoms with Crippen molar-refractivity contribution in [2.24, 2.45) is 5.14 Å². The molecule has 0 radical (unpaired) electrons. The summed E-state index contributed by atoms with van der Waals surface area (Å²) >= 11 is 0. The average molecular weight is 326 g/mol. The second-order valence-electron chi connectivity index (χ2n) is 4.68. The van der Waals surface area contributed by atoms with Crippen LogP contribution in [0.1, 0.15) is 5.56 Å². The van der Waals surface area contributed by atoms with Gasteiger partial charge in [-0.2, -0.15) is 8.42 Å². The molecule has 0 saturated carbocycles. The number of carbonyl (C=O) groups is 3. The largest absolute Gasteiger partial charge is 0.342 e. The molecule has 1 aliphatic rings. The average Bonchev–Trinajstić information content (AvgIpc) is 2.41. The van der Waals surface area contributed by atoms with Crippen molar-refractivity contribution in [3.05, 3.63) is 35.9 Å². The molecule has 0 aliphatic carbocycles. The summed E-state index contributed by atoms with van der Waals surface area (Å²) in [7, 11) is -4.23. The number of carbonyl (C=O) groups excluding carboxylic acids is 3. The number of nitrogens with one attached hydrogen (secondary N) is 2. The van der Waals surface area contributed by atoms with Crippen LogP contribution in [0, 0.1) is 0 Å². The van der Waals surface area contributed by atoms with Gasteiger partial charge in [0.15, 0.2) is 0 Å². The third-order valence-electron chi connectivity index (χ3n) is 2.95. The summed E-state index contributed by atoms with van der Waals surface area (Å²) in [4.78, 5) is 35.5. The fraction of sp³-hybridized carbons (Fsp3) is 0.250. The van der Waals surface area contributed by atoms with E-state index in [-0.39, 0.29) is 18.9 Å². The predicted molar refractivity (Wildman–Crippen MR) is 75.4 cm³/mol. The van der Waals surface area contributed by atoms with Crippen LogP contribution in [0.3, 0.4) is 0 Å². The molecule has 0 unspecified atom stereocenters. The number of amides is 4. The van der Waals surface area contributed by atoms with Crippen molar-refractivity contribution in [2.75, 3.05) is 6.54 Å². The van der Waals surface area contributed by atoms with Crippen molar-refractivity contribution < 1.29 is 22.8 Å². The van der Waals surface area contributed by atoms with E-state index in [0.717, 1.165) is 5.56 Å². The number of nitrogens with zero attached hydrogens (tertiary/aromatic N) is 1. The summed E-state index contributed by atoms with van der Waals surface area (Å²) in [5.41, 5.74) is 0.788. The molecule has 9 nitrogen and oxygen atoms in total. The van der Waals surface area contributed by atoms with Crippen LogP contribution in [0.25, 0.3) is 0 Å². The first-order chi connectivity index (χ1) is 10.3. The maximum Gasteiger partial charge on any atom is 0.338 e. The summed E-state index contributed by atoms with van der Waals surface area (Å²) in [6.45, 7) is -0.110. The first-order valence-corrected chi connectivity index (χ1v) is 7.80. The van der Waals surface area contributed by atoms with Gasteiger partial charge in [-0.05, 0) is 5.56 Å². The molecular formula is C12H14N4O5S. The molecule has 2 rings (SSSR count). The van der Waals surface area contributed by atoms with Gasteiger partial charge in [0.2, 0.25) is 5.91 Å². The van der Waals surface area contributed by atoms with Crippen molar-refractivity contribution in [1.82, 2.24) is 14.9 Å². The van der Waals surface area contributed by atoms with Crippen LogP contribution >= 0.6 is 0 Å². The highest BCUT2D eigenvalue weighted by molar-refractivity contribution is 7.87. The topological polar surface area (TPSA) is 139 Å². The number of benzene rings is 1. The van der Waals surface area contributed by atoms with E-state index < -0.39 is 28.2 Å². The highest BCUT2D eigenvalue weighted by Crippen LogP contribution is 2.11. The number of hydrogen-bond donors (Lipinski definition) is 3. The third kappa shape index (κ3) is 4.02. The Hall–Kier alpha value is -2.46. The fourth-order valence-electron chi connectivity index (χ4n) is 1.92. The lowest BCUT2D eigenvalue weighted by atomic mass is 10.1. The second-order valence-corrected chi connectivity index (χ2v) is 5.98. The molecule has 0 spiro atoms. The summed E-state index contributed by atoms with van der Waals surface area (Å²) in [6.07, 6.45) is 0.105. The van der Waals surface area contributed by atoms with E-state index in [1.54, 1.807) is 24.3 Å².